The molecule has 0 spiro atoms. The predicted molar refractivity (Wildman–Crippen MR) is 67.1 cm³/mol. The van der Waals surface area contributed by atoms with Gasteiger partial charge in [-0.15, -0.1) is 0 Å². The molecule has 0 fully saturated rings. The van der Waals surface area contributed by atoms with Crippen molar-refractivity contribution in [3.8, 4) is 17.6 Å². The first-order valence-electron chi connectivity index (χ1n) is 5.02. The van der Waals surface area contributed by atoms with Crippen LogP contribution in [0.5, 0.6) is 11.5 Å². The summed E-state index contributed by atoms with van der Waals surface area (Å²) in [4.78, 5) is 0. The smallest absolute Gasteiger partial charge is 0.167 e. The SMILES string of the molecule is N#Cc1ccc(Oc2ccc(N)cc2F)cc1Cl. The Bertz CT molecular complexity index is 637. The Morgan fingerprint density at radius 3 is 2.61 bits per heavy atom. The highest BCUT2D eigenvalue weighted by molar-refractivity contribution is 6.31. The van der Waals surface area contributed by atoms with Crippen LogP contribution in [0.4, 0.5) is 10.1 Å². The minimum atomic E-state index is -0.560. The third-order valence-electron chi connectivity index (χ3n) is 2.24. The Hall–Kier alpha value is -2.25. The topological polar surface area (TPSA) is 59.0 Å². The standard InChI is InChI=1S/C13H8ClFN2O/c14-11-6-10(3-1-8(11)7-16)18-13-4-2-9(17)5-12(13)15/h1-6H,17H2. The molecule has 0 aliphatic carbocycles. The summed E-state index contributed by atoms with van der Waals surface area (Å²) in [5.41, 5.74) is 6.08. The lowest BCUT2D eigenvalue weighted by Gasteiger charge is -2.07. The van der Waals surface area contributed by atoms with Crippen molar-refractivity contribution in [2.75, 3.05) is 5.73 Å². The first kappa shape index (κ1) is 12.2. The van der Waals surface area contributed by atoms with Crippen molar-refractivity contribution in [3.05, 3.63) is 52.8 Å². The molecular weight excluding hydrogens is 255 g/mol. The third kappa shape index (κ3) is 2.53. The van der Waals surface area contributed by atoms with E-state index in [1.54, 1.807) is 6.07 Å². The van der Waals surface area contributed by atoms with Crippen molar-refractivity contribution in [2.45, 2.75) is 0 Å². The number of anilines is 1. The van der Waals surface area contributed by atoms with Crippen LogP contribution in [0.2, 0.25) is 5.02 Å². The largest absolute Gasteiger partial charge is 0.454 e. The minimum absolute atomic E-state index is 0.0463. The summed E-state index contributed by atoms with van der Waals surface area (Å²) in [6, 6.07) is 10.6. The van der Waals surface area contributed by atoms with Gasteiger partial charge in [-0.3, -0.25) is 0 Å². The molecule has 2 rings (SSSR count). The number of hydrogen-bond acceptors (Lipinski definition) is 3. The van der Waals surface area contributed by atoms with Gasteiger partial charge in [0.05, 0.1) is 10.6 Å². The number of halogens is 2. The average Bonchev–Trinajstić information content (AvgIpc) is 2.33. The van der Waals surface area contributed by atoms with Crippen LogP contribution in [0.3, 0.4) is 0 Å². The summed E-state index contributed by atoms with van der Waals surface area (Å²) in [6.07, 6.45) is 0. The molecule has 0 aromatic heterocycles. The van der Waals surface area contributed by atoms with Gasteiger partial charge in [-0.05, 0) is 24.3 Å². The molecule has 2 N–H and O–H groups in total. The van der Waals surface area contributed by atoms with Crippen molar-refractivity contribution in [3.63, 3.8) is 0 Å². The number of benzene rings is 2. The number of nitrogens with zero attached hydrogens (tertiary/aromatic N) is 1. The van der Waals surface area contributed by atoms with Gasteiger partial charge in [-0.25, -0.2) is 4.39 Å². The molecule has 90 valence electrons. The maximum atomic E-state index is 13.5. The van der Waals surface area contributed by atoms with Gasteiger partial charge in [-0.2, -0.15) is 5.26 Å². The van der Waals surface area contributed by atoms with Crippen LogP contribution in [0.15, 0.2) is 36.4 Å². The van der Waals surface area contributed by atoms with Gasteiger partial charge in [0, 0.05) is 17.8 Å². The van der Waals surface area contributed by atoms with Gasteiger partial charge in [0.2, 0.25) is 0 Å². The van der Waals surface area contributed by atoms with Gasteiger partial charge in [0.25, 0.3) is 0 Å². The van der Waals surface area contributed by atoms with E-state index in [-0.39, 0.29) is 10.8 Å². The lowest BCUT2D eigenvalue weighted by Crippen LogP contribution is -1.91. The molecule has 3 nitrogen and oxygen atoms in total. The summed E-state index contributed by atoms with van der Waals surface area (Å²) in [5, 5.41) is 8.98. The lowest BCUT2D eigenvalue weighted by atomic mass is 10.2. The molecule has 18 heavy (non-hydrogen) atoms. The van der Waals surface area contributed by atoms with Crippen molar-refractivity contribution < 1.29 is 9.13 Å². The zero-order valence-electron chi connectivity index (χ0n) is 9.15. The van der Waals surface area contributed by atoms with E-state index in [0.29, 0.717) is 17.0 Å². The van der Waals surface area contributed by atoms with E-state index in [9.17, 15) is 4.39 Å². The summed E-state index contributed by atoms with van der Waals surface area (Å²) in [5.74, 6) is -0.164. The molecule has 0 aliphatic rings. The van der Waals surface area contributed by atoms with Gasteiger partial charge in [0.15, 0.2) is 11.6 Å². The van der Waals surface area contributed by atoms with Crippen LogP contribution in [-0.4, -0.2) is 0 Å². The zero-order chi connectivity index (χ0) is 13.1. The number of nitrogens with two attached hydrogens (primary N) is 1. The van der Waals surface area contributed by atoms with Crippen molar-refractivity contribution in [2.24, 2.45) is 0 Å². The number of nitriles is 1. The minimum Gasteiger partial charge on any atom is -0.454 e. The highest BCUT2D eigenvalue weighted by Gasteiger charge is 2.07. The number of rotatable bonds is 2. The second-order valence-electron chi connectivity index (χ2n) is 3.55. The van der Waals surface area contributed by atoms with E-state index in [0.717, 1.165) is 0 Å². The highest BCUT2D eigenvalue weighted by Crippen LogP contribution is 2.28. The van der Waals surface area contributed by atoms with Crippen LogP contribution < -0.4 is 10.5 Å². The van der Waals surface area contributed by atoms with E-state index >= 15 is 0 Å². The van der Waals surface area contributed by atoms with Crippen molar-refractivity contribution >= 4 is 17.3 Å². The molecule has 0 saturated heterocycles. The van der Waals surface area contributed by atoms with Gasteiger partial charge in [0.1, 0.15) is 11.8 Å². The summed E-state index contributed by atoms with van der Waals surface area (Å²) in [7, 11) is 0. The molecule has 0 atom stereocenters. The van der Waals surface area contributed by atoms with Gasteiger partial charge < -0.3 is 10.5 Å². The van der Waals surface area contributed by atoms with Crippen LogP contribution in [0.25, 0.3) is 0 Å². The maximum absolute atomic E-state index is 13.5. The molecule has 0 aliphatic heterocycles. The fourth-order valence-corrected chi connectivity index (χ4v) is 1.59. The first-order valence-corrected chi connectivity index (χ1v) is 5.40. The fourth-order valence-electron chi connectivity index (χ4n) is 1.38. The molecule has 0 unspecified atom stereocenters. The van der Waals surface area contributed by atoms with E-state index in [1.807, 2.05) is 6.07 Å². The van der Waals surface area contributed by atoms with Crippen LogP contribution >= 0.6 is 11.6 Å². The summed E-state index contributed by atoms with van der Waals surface area (Å²) < 4.78 is 18.8. The van der Waals surface area contributed by atoms with Gasteiger partial charge >= 0.3 is 0 Å². The van der Waals surface area contributed by atoms with Crippen LogP contribution in [-0.2, 0) is 0 Å². The van der Waals surface area contributed by atoms with Crippen molar-refractivity contribution in [1.29, 1.82) is 5.26 Å². The Balaban J connectivity index is 2.29. The van der Waals surface area contributed by atoms with Crippen molar-refractivity contribution in [1.82, 2.24) is 0 Å². The average molecular weight is 263 g/mol. The molecule has 0 heterocycles. The van der Waals surface area contributed by atoms with Crippen LogP contribution in [0, 0.1) is 17.1 Å². The number of hydrogen-bond donors (Lipinski definition) is 1. The van der Waals surface area contributed by atoms with Gasteiger partial charge in [-0.1, -0.05) is 11.6 Å². The van der Waals surface area contributed by atoms with E-state index < -0.39 is 5.82 Å². The molecule has 0 amide bonds. The molecule has 0 saturated carbocycles. The summed E-state index contributed by atoms with van der Waals surface area (Å²) >= 11 is 5.84. The zero-order valence-corrected chi connectivity index (χ0v) is 9.91. The number of nitrogen functional groups attached to an aromatic ring is 1. The fraction of sp³-hybridized carbons (Fsp3) is 0. The maximum Gasteiger partial charge on any atom is 0.167 e. The van der Waals surface area contributed by atoms with E-state index in [4.69, 9.17) is 27.3 Å². The predicted octanol–water partition coefficient (Wildman–Crippen LogP) is 3.73. The number of ether oxygens (including phenoxy) is 1. The summed E-state index contributed by atoms with van der Waals surface area (Å²) in [6.45, 7) is 0. The highest BCUT2D eigenvalue weighted by atomic mass is 35.5. The van der Waals surface area contributed by atoms with Crippen LogP contribution in [0.1, 0.15) is 5.56 Å². The first-order chi connectivity index (χ1) is 8.60. The second-order valence-corrected chi connectivity index (χ2v) is 3.95. The van der Waals surface area contributed by atoms with E-state index in [2.05, 4.69) is 0 Å². The molecule has 0 bridgehead atoms. The molecular formula is C13H8ClFN2O. The molecule has 0 radical (unpaired) electrons. The normalized spacial score (nSPS) is 9.83. The monoisotopic (exact) mass is 262 g/mol. The Labute approximate surface area is 108 Å². The molecule has 2 aromatic rings. The Morgan fingerprint density at radius 1 is 1.22 bits per heavy atom. The Morgan fingerprint density at radius 2 is 2.00 bits per heavy atom. The Kier molecular flexibility index (Phi) is 3.35. The molecule has 5 heteroatoms. The quantitative estimate of drug-likeness (QED) is 0.839. The van der Waals surface area contributed by atoms with E-state index in [1.165, 1.54) is 30.3 Å². The second kappa shape index (κ2) is 4.94. The molecule has 2 aromatic carbocycles. The lowest BCUT2D eigenvalue weighted by molar-refractivity contribution is 0.442. The third-order valence-corrected chi connectivity index (χ3v) is 2.56.